The van der Waals surface area contributed by atoms with Crippen molar-refractivity contribution in [1.82, 2.24) is 0 Å². The number of hydrogen-bond donors (Lipinski definition) is 2. The topological polar surface area (TPSA) is 49.3 Å². The number of halogens is 3. The molecule has 3 nitrogen and oxygen atoms in total. The lowest BCUT2D eigenvalue weighted by Crippen LogP contribution is -2.05. The Morgan fingerprint density at radius 3 is 2.70 bits per heavy atom. The standard InChI is InChI=1S/C14H10ClF2NO2/c15-11-5-4-9(6-10(11)14(19)20)18-7-8-2-1-3-12(16)13(8)17/h1-6,18H,7H2,(H,19,20). The summed E-state index contributed by atoms with van der Waals surface area (Å²) in [5, 5.41) is 11.9. The van der Waals surface area contributed by atoms with Crippen LogP contribution in [-0.4, -0.2) is 11.1 Å². The van der Waals surface area contributed by atoms with Crippen LogP contribution in [-0.2, 0) is 6.54 Å². The summed E-state index contributed by atoms with van der Waals surface area (Å²) < 4.78 is 26.5. The van der Waals surface area contributed by atoms with Crippen molar-refractivity contribution < 1.29 is 18.7 Å². The van der Waals surface area contributed by atoms with Gasteiger partial charge in [0.25, 0.3) is 0 Å². The van der Waals surface area contributed by atoms with Crippen LogP contribution in [0.5, 0.6) is 0 Å². The van der Waals surface area contributed by atoms with Crippen LogP contribution in [0.2, 0.25) is 5.02 Å². The second-order valence-electron chi connectivity index (χ2n) is 4.07. The van der Waals surface area contributed by atoms with Crippen molar-refractivity contribution in [2.45, 2.75) is 6.54 Å². The molecule has 0 amide bonds. The van der Waals surface area contributed by atoms with Gasteiger partial charge in [0.1, 0.15) is 0 Å². The van der Waals surface area contributed by atoms with Crippen molar-refractivity contribution in [1.29, 1.82) is 0 Å². The van der Waals surface area contributed by atoms with Crippen LogP contribution in [0.3, 0.4) is 0 Å². The van der Waals surface area contributed by atoms with E-state index in [4.69, 9.17) is 16.7 Å². The van der Waals surface area contributed by atoms with Gasteiger partial charge in [-0.15, -0.1) is 0 Å². The molecule has 0 aliphatic rings. The van der Waals surface area contributed by atoms with Crippen LogP contribution in [0.4, 0.5) is 14.5 Å². The fourth-order valence-electron chi connectivity index (χ4n) is 1.68. The predicted molar refractivity (Wildman–Crippen MR) is 72.1 cm³/mol. The van der Waals surface area contributed by atoms with E-state index in [0.29, 0.717) is 5.69 Å². The van der Waals surface area contributed by atoms with Crippen LogP contribution in [0.15, 0.2) is 36.4 Å². The molecule has 0 spiro atoms. The zero-order valence-electron chi connectivity index (χ0n) is 10.2. The number of hydrogen-bond acceptors (Lipinski definition) is 2. The summed E-state index contributed by atoms with van der Waals surface area (Å²) in [4.78, 5) is 10.9. The van der Waals surface area contributed by atoms with Crippen LogP contribution in [0, 0.1) is 11.6 Å². The quantitative estimate of drug-likeness (QED) is 0.899. The summed E-state index contributed by atoms with van der Waals surface area (Å²) in [7, 11) is 0. The van der Waals surface area contributed by atoms with Gasteiger partial charge >= 0.3 is 5.97 Å². The van der Waals surface area contributed by atoms with E-state index in [1.807, 2.05) is 0 Å². The maximum Gasteiger partial charge on any atom is 0.337 e. The molecule has 20 heavy (non-hydrogen) atoms. The molecular weight excluding hydrogens is 288 g/mol. The van der Waals surface area contributed by atoms with Crippen molar-refractivity contribution in [2.75, 3.05) is 5.32 Å². The molecule has 0 unspecified atom stereocenters. The number of aromatic carboxylic acids is 1. The molecule has 0 aromatic heterocycles. The van der Waals surface area contributed by atoms with E-state index in [0.717, 1.165) is 6.07 Å². The van der Waals surface area contributed by atoms with Gasteiger partial charge in [0.2, 0.25) is 0 Å². The SMILES string of the molecule is O=C(O)c1cc(NCc2cccc(F)c2F)ccc1Cl. The molecule has 0 saturated heterocycles. The molecule has 2 aromatic carbocycles. The summed E-state index contributed by atoms with van der Waals surface area (Å²) in [6.45, 7) is 0.0320. The fourth-order valence-corrected chi connectivity index (χ4v) is 1.88. The van der Waals surface area contributed by atoms with E-state index in [9.17, 15) is 13.6 Å². The molecule has 0 radical (unpaired) electrons. The molecule has 2 aromatic rings. The molecule has 2 rings (SSSR count). The second-order valence-corrected chi connectivity index (χ2v) is 4.47. The van der Waals surface area contributed by atoms with Gasteiger partial charge in [0, 0.05) is 17.8 Å². The van der Waals surface area contributed by atoms with Crippen LogP contribution in [0.1, 0.15) is 15.9 Å². The highest BCUT2D eigenvalue weighted by atomic mass is 35.5. The van der Waals surface area contributed by atoms with E-state index in [1.165, 1.54) is 24.3 Å². The van der Waals surface area contributed by atoms with E-state index in [2.05, 4.69) is 5.32 Å². The molecule has 0 atom stereocenters. The lowest BCUT2D eigenvalue weighted by atomic mass is 10.1. The van der Waals surface area contributed by atoms with E-state index >= 15 is 0 Å². The highest BCUT2D eigenvalue weighted by Crippen LogP contribution is 2.21. The summed E-state index contributed by atoms with van der Waals surface area (Å²) >= 11 is 5.74. The Hall–Kier alpha value is -2.14. The number of anilines is 1. The van der Waals surface area contributed by atoms with Gasteiger partial charge in [-0.25, -0.2) is 13.6 Å². The van der Waals surface area contributed by atoms with E-state index in [-0.39, 0.29) is 22.7 Å². The summed E-state index contributed by atoms with van der Waals surface area (Å²) in [5.41, 5.74) is 0.545. The van der Waals surface area contributed by atoms with Crippen molar-refractivity contribution >= 4 is 23.3 Å². The van der Waals surface area contributed by atoms with Gasteiger partial charge in [-0.2, -0.15) is 0 Å². The average Bonchev–Trinajstić information content (AvgIpc) is 2.41. The maximum atomic E-state index is 13.4. The molecule has 104 valence electrons. The molecule has 0 aliphatic carbocycles. The third-order valence-corrected chi connectivity index (χ3v) is 3.04. The maximum absolute atomic E-state index is 13.4. The molecule has 0 heterocycles. The number of carboxylic acids is 1. The van der Waals surface area contributed by atoms with Gasteiger partial charge in [-0.05, 0) is 24.3 Å². The Labute approximate surface area is 118 Å². The zero-order valence-corrected chi connectivity index (χ0v) is 10.9. The number of nitrogens with one attached hydrogen (secondary N) is 1. The molecule has 0 saturated carbocycles. The minimum absolute atomic E-state index is 0.0320. The molecule has 0 bridgehead atoms. The Bertz CT molecular complexity index is 662. The summed E-state index contributed by atoms with van der Waals surface area (Å²) in [6, 6.07) is 8.20. The first-order chi connectivity index (χ1) is 9.49. The van der Waals surface area contributed by atoms with Gasteiger partial charge in [0.15, 0.2) is 11.6 Å². The fraction of sp³-hybridized carbons (Fsp3) is 0.0714. The normalized spacial score (nSPS) is 10.3. The average molecular weight is 298 g/mol. The van der Waals surface area contributed by atoms with Crippen LogP contribution in [0.25, 0.3) is 0 Å². The first-order valence-electron chi connectivity index (χ1n) is 5.68. The molecular formula is C14H10ClF2NO2. The largest absolute Gasteiger partial charge is 0.478 e. The predicted octanol–water partition coefficient (Wildman–Crippen LogP) is 3.93. The molecule has 0 aliphatic heterocycles. The lowest BCUT2D eigenvalue weighted by molar-refractivity contribution is 0.0697. The Balaban J connectivity index is 2.17. The van der Waals surface area contributed by atoms with E-state index < -0.39 is 17.6 Å². The number of carbonyl (C=O) groups is 1. The minimum atomic E-state index is -1.16. The molecule has 0 fully saturated rings. The summed E-state index contributed by atoms with van der Waals surface area (Å²) in [5.74, 6) is -3.00. The van der Waals surface area contributed by atoms with Gasteiger partial charge in [-0.3, -0.25) is 0 Å². The van der Waals surface area contributed by atoms with Crippen LogP contribution >= 0.6 is 11.6 Å². The number of rotatable bonds is 4. The highest BCUT2D eigenvalue weighted by Gasteiger charge is 2.10. The second kappa shape index (κ2) is 5.88. The Kier molecular flexibility index (Phi) is 4.20. The number of carboxylic acid groups (broad SMARTS) is 1. The third-order valence-electron chi connectivity index (χ3n) is 2.71. The highest BCUT2D eigenvalue weighted by molar-refractivity contribution is 6.33. The Morgan fingerprint density at radius 2 is 2.00 bits per heavy atom. The summed E-state index contributed by atoms with van der Waals surface area (Å²) in [6.07, 6.45) is 0. The molecule has 6 heteroatoms. The minimum Gasteiger partial charge on any atom is -0.478 e. The van der Waals surface area contributed by atoms with E-state index in [1.54, 1.807) is 6.07 Å². The van der Waals surface area contributed by atoms with Gasteiger partial charge < -0.3 is 10.4 Å². The number of benzene rings is 2. The zero-order chi connectivity index (χ0) is 14.7. The van der Waals surface area contributed by atoms with Crippen LogP contribution < -0.4 is 5.32 Å². The van der Waals surface area contributed by atoms with Crippen molar-refractivity contribution in [3.8, 4) is 0 Å². The smallest absolute Gasteiger partial charge is 0.337 e. The first kappa shape index (κ1) is 14.3. The third kappa shape index (κ3) is 3.05. The van der Waals surface area contributed by atoms with Gasteiger partial charge in [0.05, 0.1) is 10.6 Å². The van der Waals surface area contributed by atoms with Crippen molar-refractivity contribution in [3.05, 3.63) is 64.2 Å². The van der Waals surface area contributed by atoms with Gasteiger partial charge in [-0.1, -0.05) is 23.7 Å². The monoisotopic (exact) mass is 297 g/mol. The molecule has 2 N–H and O–H groups in total. The Morgan fingerprint density at radius 1 is 1.25 bits per heavy atom. The first-order valence-corrected chi connectivity index (χ1v) is 6.06. The van der Waals surface area contributed by atoms with Crippen molar-refractivity contribution in [3.63, 3.8) is 0 Å². The van der Waals surface area contributed by atoms with Crippen molar-refractivity contribution in [2.24, 2.45) is 0 Å². The lowest BCUT2D eigenvalue weighted by Gasteiger charge is -2.09.